The minimum atomic E-state index is -0.450. The van der Waals surface area contributed by atoms with E-state index in [-0.39, 0.29) is 22.9 Å². The molecule has 0 amide bonds. The molecule has 0 heterocycles. The number of esters is 2. The van der Waals surface area contributed by atoms with Gasteiger partial charge in [-0.05, 0) is 70.9 Å². The second-order valence-corrected chi connectivity index (χ2v) is 11.0. The molecule has 0 bridgehead atoms. The Morgan fingerprint density at radius 2 is 1.63 bits per heavy atom. The summed E-state index contributed by atoms with van der Waals surface area (Å²) in [6.45, 7) is 16.3. The maximum Gasteiger partial charge on any atom is 0.343 e. The normalized spacial score (nSPS) is 16.6. The predicted octanol–water partition coefficient (Wildman–Crippen LogP) is 8.19. The molecule has 35 heavy (non-hydrogen) atoms. The zero-order chi connectivity index (χ0) is 25.8. The van der Waals surface area contributed by atoms with Crippen molar-refractivity contribution >= 4 is 11.9 Å². The molecule has 2 aromatic rings. The van der Waals surface area contributed by atoms with Crippen molar-refractivity contribution in [3.63, 3.8) is 0 Å². The van der Waals surface area contributed by atoms with E-state index in [9.17, 15) is 9.59 Å². The highest BCUT2D eigenvalue weighted by atomic mass is 16.5. The van der Waals surface area contributed by atoms with E-state index in [1.807, 2.05) is 18.2 Å². The van der Waals surface area contributed by atoms with Gasteiger partial charge in [-0.15, -0.1) is 0 Å². The molecule has 188 valence electrons. The summed E-state index contributed by atoms with van der Waals surface area (Å²) in [5.41, 5.74) is 5.72. The van der Waals surface area contributed by atoms with Gasteiger partial charge in [-0.1, -0.05) is 78.3 Å². The summed E-state index contributed by atoms with van der Waals surface area (Å²) >= 11 is 0. The van der Waals surface area contributed by atoms with E-state index in [1.54, 1.807) is 6.07 Å². The van der Waals surface area contributed by atoms with Crippen LogP contribution in [0.15, 0.2) is 49.2 Å². The van der Waals surface area contributed by atoms with E-state index in [0.717, 1.165) is 61.5 Å². The summed E-state index contributed by atoms with van der Waals surface area (Å²) in [4.78, 5) is 25.0. The molecule has 4 nitrogen and oxygen atoms in total. The molecule has 0 fully saturated rings. The number of hydrogen-bond donors (Lipinski definition) is 0. The Bertz CT molecular complexity index is 1090. The zero-order valence-corrected chi connectivity index (χ0v) is 22.2. The molecular formula is C31H40O4. The highest BCUT2D eigenvalue weighted by Gasteiger charge is 2.39. The van der Waals surface area contributed by atoms with Gasteiger partial charge in [-0.2, -0.15) is 0 Å². The number of carbonyl (C=O) groups is 2. The molecule has 0 saturated heterocycles. The van der Waals surface area contributed by atoms with Crippen LogP contribution in [0.25, 0.3) is 11.1 Å². The number of carbonyl (C=O) groups excluding carboxylic acids is 2. The fraction of sp³-hybridized carbons (Fsp3) is 0.484. The third-order valence-electron chi connectivity index (χ3n) is 7.38. The van der Waals surface area contributed by atoms with Gasteiger partial charge in [0.25, 0.3) is 0 Å². The van der Waals surface area contributed by atoms with Gasteiger partial charge in [0.1, 0.15) is 6.10 Å². The van der Waals surface area contributed by atoms with Gasteiger partial charge in [0.05, 0.1) is 11.8 Å². The molecule has 1 atom stereocenters. The Balaban J connectivity index is 2.33. The fourth-order valence-corrected chi connectivity index (χ4v) is 5.22. The van der Waals surface area contributed by atoms with Gasteiger partial charge in [0.2, 0.25) is 0 Å². The number of fused-ring (bicyclic) bond motifs is 1. The lowest BCUT2D eigenvalue weighted by Crippen LogP contribution is -2.34. The SMILES string of the molecule is C=COC(=O)c1ccccc1-c1cc2c(cc1C(CCCCC)OC(C)=O)C(C)(C)CCC2(C)C. The first-order valence-electron chi connectivity index (χ1n) is 12.8. The van der Waals surface area contributed by atoms with Crippen molar-refractivity contribution in [2.75, 3.05) is 0 Å². The van der Waals surface area contributed by atoms with Crippen molar-refractivity contribution in [1.82, 2.24) is 0 Å². The largest absolute Gasteiger partial charge is 0.458 e. The summed E-state index contributed by atoms with van der Waals surface area (Å²) in [7, 11) is 0. The third-order valence-corrected chi connectivity index (χ3v) is 7.38. The monoisotopic (exact) mass is 476 g/mol. The molecule has 0 N–H and O–H groups in total. The first-order valence-corrected chi connectivity index (χ1v) is 12.8. The van der Waals surface area contributed by atoms with Gasteiger partial charge in [-0.25, -0.2) is 4.79 Å². The van der Waals surface area contributed by atoms with Crippen molar-refractivity contribution in [3.8, 4) is 11.1 Å². The average Bonchev–Trinajstić information content (AvgIpc) is 2.81. The topological polar surface area (TPSA) is 52.6 Å². The second-order valence-electron chi connectivity index (χ2n) is 11.0. The van der Waals surface area contributed by atoms with Crippen LogP contribution in [-0.2, 0) is 25.1 Å². The summed E-state index contributed by atoms with van der Waals surface area (Å²) in [5.74, 6) is -0.747. The van der Waals surface area contributed by atoms with Crippen molar-refractivity contribution < 1.29 is 19.1 Å². The lowest BCUT2D eigenvalue weighted by Gasteiger charge is -2.43. The summed E-state index contributed by atoms with van der Waals surface area (Å²) in [6, 6.07) is 12.0. The zero-order valence-electron chi connectivity index (χ0n) is 22.2. The van der Waals surface area contributed by atoms with Crippen LogP contribution >= 0.6 is 0 Å². The molecular weight excluding hydrogens is 436 g/mol. The first-order chi connectivity index (χ1) is 16.5. The van der Waals surface area contributed by atoms with Crippen LogP contribution in [0.5, 0.6) is 0 Å². The molecule has 0 radical (unpaired) electrons. The van der Waals surface area contributed by atoms with Crippen LogP contribution in [0.1, 0.15) is 113 Å². The Morgan fingerprint density at radius 1 is 1.00 bits per heavy atom. The Labute approximate surface area is 210 Å². The van der Waals surface area contributed by atoms with Crippen molar-refractivity contribution in [2.45, 2.75) is 97.0 Å². The molecule has 0 aliphatic heterocycles. The smallest absolute Gasteiger partial charge is 0.343 e. The van der Waals surface area contributed by atoms with Crippen LogP contribution in [0.2, 0.25) is 0 Å². The molecule has 1 aliphatic carbocycles. The van der Waals surface area contributed by atoms with Crippen molar-refractivity contribution in [2.24, 2.45) is 0 Å². The van der Waals surface area contributed by atoms with Gasteiger partial charge in [-0.3, -0.25) is 4.79 Å². The summed E-state index contributed by atoms with van der Waals surface area (Å²) in [6.07, 6.45) is 6.79. The van der Waals surface area contributed by atoms with Gasteiger partial charge in [0.15, 0.2) is 0 Å². The van der Waals surface area contributed by atoms with E-state index in [2.05, 4.69) is 53.3 Å². The van der Waals surface area contributed by atoms with Crippen LogP contribution in [0, 0.1) is 0 Å². The van der Waals surface area contributed by atoms with Crippen LogP contribution in [0.3, 0.4) is 0 Å². The quantitative estimate of drug-likeness (QED) is 0.208. The number of unbranched alkanes of at least 4 members (excludes halogenated alkanes) is 2. The molecule has 0 saturated carbocycles. The Kier molecular flexibility index (Phi) is 8.25. The highest BCUT2D eigenvalue weighted by molar-refractivity contribution is 5.98. The molecule has 0 aromatic heterocycles. The molecule has 0 spiro atoms. The van der Waals surface area contributed by atoms with E-state index in [0.29, 0.717) is 5.56 Å². The highest BCUT2D eigenvalue weighted by Crippen LogP contribution is 2.49. The van der Waals surface area contributed by atoms with E-state index in [1.165, 1.54) is 18.1 Å². The molecule has 4 heteroatoms. The number of ether oxygens (including phenoxy) is 2. The Hall–Kier alpha value is -2.88. The lowest BCUT2D eigenvalue weighted by molar-refractivity contribution is -0.147. The maximum atomic E-state index is 12.8. The first kappa shape index (κ1) is 26.7. The second kappa shape index (κ2) is 10.8. The fourth-order valence-electron chi connectivity index (χ4n) is 5.22. The van der Waals surface area contributed by atoms with Gasteiger partial charge >= 0.3 is 11.9 Å². The lowest BCUT2D eigenvalue weighted by atomic mass is 9.62. The third kappa shape index (κ3) is 5.86. The van der Waals surface area contributed by atoms with Crippen molar-refractivity contribution in [1.29, 1.82) is 0 Å². The number of hydrogen-bond acceptors (Lipinski definition) is 4. The van der Waals surface area contributed by atoms with Gasteiger partial charge < -0.3 is 9.47 Å². The standard InChI is InChI=1S/C31H40O4/c1-8-10-11-16-28(35-21(3)32)25-20-27-26(30(4,5)17-18-31(27,6)7)19-24(25)22-14-12-13-15-23(22)29(33)34-9-2/h9,12-15,19-20,28H,2,8,10-11,16-18H2,1,3-7H3. The molecule has 3 rings (SSSR count). The van der Waals surface area contributed by atoms with Crippen LogP contribution in [0.4, 0.5) is 0 Å². The minimum absolute atomic E-state index is 0.00359. The van der Waals surface area contributed by atoms with Gasteiger partial charge in [0, 0.05) is 12.5 Å². The Morgan fingerprint density at radius 3 is 2.23 bits per heavy atom. The number of benzene rings is 2. The van der Waals surface area contributed by atoms with E-state index in [4.69, 9.17) is 9.47 Å². The van der Waals surface area contributed by atoms with Crippen LogP contribution in [-0.4, -0.2) is 11.9 Å². The maximum absolute atomic E-state index is 12.8. The average molecular weight is 477 g/mol. The van der Waals surface area contributed by atoms with E-state index < -0.39 is 5.97 Å². The molecule has 1 unspecified atom stereocenters. The predicted molar refractivity (Wildman–Crippen MR) is 141 cm³/mol. The molecule has 1 aliphatic rings. The number of rotatable bonds is 9. The minimum Gasteiger partial charge on any atom is -0.458 e. The van der Waals surface area contributed by atoms with E-state index >= 15 is 0 Å². The molecule has 2 aromatic carbocycles. The van der Waals surface area contributed by atoms with Crippen molar-refractivity contribution in [3.05, 3.63) is 71.5 Å². The summed E-state index contributed by atoms with van der Waals surface area (Å²) in [5, 5.41) is 0. The van der Waals surface area contributed by atoms with Crippen LogP contribution < -0.4 is 0 Å². The summed E-state index contributed by atoms with van der Waals surface area (Å²) < 4.78 is 11.1.